The van der Waals surface area contributed by atoms with Crippen molar-refractivity contribution in [1.82, 2.24) is 0 Å². The van der Waals surface area contributed by atoms with Gasteiger partial charge in [-0.25, -0.2) is 9.36 Å². The van der Waals surface area contributed by atoms with E-state index in [2.05, 4.69) is 15.9 Å². The predicted octanol–water partition coefficient (Wildman–Crippen LogP) is 3.77. The molecule has 6 heteroatoms. The lowest BCUT2D eigenvalue weighted by Crippen LogP contribution is -2.34. The van der Waals surface area contributed by atoms with E-state index in [0.717, 1.165) is 21.1 Å². The summed E-state index contributed by atoms with van der Waals surface area (Å²) in [5.74, 6) is -0.172. The van der Waals surface area contributed by atoms with Gasteiger partial charge in [0.1, 0.15) is 5.58 Å². The van der Waals surface area contributed by atoms with Crippen molar-refractivity contribution in [3.05, 3.63) is 58.5 Å². The van der Waals surface area contributed by atoms with Crippen LogP contribution in [0.4, 0.5) is 5.69 Å². The number of rotatable bonds is 5. The minimum atomic E-state index is -0.435. The summed E-state index contributed by atoms with van der Waals surface area (Å²) < 4.78 is 13.9. The van der Waals surface area contributed by atoms with Gasteiger partial charge >= 0.3 is 5.97 Å². The highest BCUT2D eigenvalue weighted by Gasteiger charge is 2.24. The van der Waals surface area contributed by atoms with E-state index in [0.29, 0.717) is 18.7 Å². The Hall–Kier alpha value is -2.34. The van der Waals surface area contributed by atoms with Crippen LogP contribution in [0.2, 0.25) is 0 Å². The number of carbonyl (C=O) groups is 1. The standard InChI is InChI=1S/C19H20BrN2O3/c1-4-24-19(23)18-16(15-11-13(20)5-6-17(15)25-18)12-22-9-7-14(8-10-22)21(2)3/h5-11H,4,12H2,1-3H3/q+1. The van der Waals surface area contributed by atoms with Crippen molar-refractivity contribution in [3.8, 4) is 0 Å². The van der Waals surface area contributed by atoms with Gasteiger partial charge in [-0.2, -0.15) is 0 Å². The quantitative estimate of drug-likeness (QED) is 0.480. The zero-order valence-electron chi connectivity index (χ0n) is 14.5. The maximum absolute atomic E-state index is 12.3. The molecule has 0 N–H and O–H groups in total. The van der Waals surface area contributed by atoms with Crippen LogP contribution in [0, 0.1) is 0 Å². The first-order valence-electron chi connectivity index (χ1n) is 8.04. The van der Waals surface area contributed by atoms with E-state index in [4.69, 9.17) is 9.15 Å². The molecule has 0 unspecified atom stereocenters. The number of aromatic nitrogens is 1. The normalized spacial score (nSPS) is 10.9. The number of carbonyl (C=O) groups excluding carboxylic acids is 1. The van der Waals surface area contributed by atoms with Crippen LogP contribution in [0.1, 0.15) is 23.0 Å². The Kier molecular flexibility index (Phi) is 5.08. The summed E-state index contributed by atoms with van der Waals surface area (Å²) in [6.07, 6.45) is 3.97. The van der Waals surface area contributed by atoms with Gasteiger partial charge < -0.3 is 14.1 Å². The topological polar surface area (TPSA) is 46.6 Å². The molecule has 0 aliphatic rings. The van der Waals surface area contributed by atoms with Gasteiger partial charge in [0.25, 0.3) is 0 Å². The maximum atomic E-state index is 12.3. The molecule has 3 rings (SSSR count). The Balaban J connectivity index is 2.04. The number of hydrogen-bond donors (Lipinski definition) is 0. The van der Waals surface area contributed by atoms with Crippen molar-refractivity contribution in [2.24, 2.45) is 0 Å². The average molecular weight is 404 g/mol. The molecule has 25 heavy (non-hydrogen) atoms. The summed E-state index contributed by atoms with van der Waals surface area (Å²) >= 11 is 3.48. The molecular weight excluding hydrogens is 384 g/mol. The van der Waals surface area contributed by atoms with E-state index in [1.54, 1.807) is 6.92 Å². The highest BCUT2D eigenvalue weighted by molar-refractivity contribution is 9.10. The second-order valence-corrected chi connectivity index (χ2v) is 6.81. The van der Waals surface area contributed by atoms with E-state index in [1.807, 2.05) is 66.3 Å². The lowest BCUT2D eigenvalue weighted by Gasteiger charge is -2.10. The molecule has 0 bridgehead atoms. The van der Waals surface area contributed by atoms with Crippen LogP contribution in [0.25, 0.3) is 11.0 Å². The number of hydrogen-bond acceptors (Lipinski definition) is 4. The first-order valence-corrected chi connectivity index (χ1v) is 8.83. The number of anilines is 1. The average Bonchev–Trinajstić information content (AvgIpc) is 2.93. The molecule has 0 saturated heterocycles. The number of halogens is 1. The third kappa shape index (κ3) is 3.69. The van der Waals surface area contributed by atoms with E-state index in [1.165, 1.54) is 0 Å². The molecule has 0 aliphatic heterocycles. The molecular formula is C19H20BrN2O3+. The van der Waals surface area contributed by atoms with Gasteiger partial charge in [-0.1, -0.05) is 15.9 Å². The SMILES string of the molecule is CCOC(=O)c1oc2ccc(Br)cc2c1C[n+]1ccc(N(C)C)cc1. The van der Waals surface area contributed by atoms with Crippen LogP contribution >= 0.6 is 15.9 Å². The molecule has 5 nitrogen and oxygen atoms in total. The number of pyridine rings is 1. The van der Waals surface area contributed by atoms with Gasteiger partial charge in [-0.15, -0.1) is 0 Å². The lowest BCUT2D eigenvalue weighted by molar-refractivity contribution is -0.688. The molecule has 2 heterocycles. The van der Waals surface area contributed by atoms with Crippen LogP contribution in [0.5, 0.6) is 0 Å². The van der Waals surface area contributed by atoms with Crippen LogP contribution in [0.15, 0.2) is 51.6 Å². The Morgan fingerprint density at radius 1 is 1.24 bits per heavy atom. The molecule has 0 fully saturated rings. The van der Waals surface area contributed by atoms with Crippen molar-refractivity contribution in [2.75, 3.05) is 25.6 Å². The van der Waals surface area contributed by atoms with Crippen LogP contribution in [-0.2, 0) is 11.3 Å². The Labute approximate surface area is 154 Å². The molecule has 1 aromatic carbocycles. The van der Waals surface area contributed by atoms with Gasteiger partial charge in [-0.3, -0.25) is 0 Å². The minimum Gasteiger partial charge on any atom is -0.460 e. The summed E-state index contributed by atoms with van der Waals surface area (Å²) in [6, 6.07) is 9.77. The number of furan rings is 1. The fourth-order valence-electron chi connectivity index (χ4n) is 2.67. The first kappa shape index (κ1) is 17.5. The molecule has 0 atom stereocenters. The third-order valence-corrected chi connectivity index (χ3v) is 4.44. The van der Waals surface area contributed by atoms with E-state index in [9.17, 15) is 4.79 Å². The van der Waals surface area contributed by atoms with Crippen molar-refractivity contribution in [1.29, 1.82) is 0 Å². The fraction of sp³-hybridized carbons (Fsp3) is 0.263. The first-order chi connectivity index (χ1) is 12.0. The van der Waals surface area contributed by atoms with E-state index >= 15 is 0 Å². The van der Waals surface area contributed by atoms with Gasteiger partial charge in [0.05, 0.1) is 12.2 Å². The van der Waals surface area contributed by atoms with Crippen molar-refractivity contribution < 1.29 is 18.5 Å². The molecule has 0 aliphatic carbocycles. The van der Waals surface area contributed by atoms with Gasteiger partial charge in [0.2, 0.25) is 5.76 Å². The Morgan fingerprint density at radius 2 is 1.96 bits per heavy atom. The second-order valence-electron chi connectivity index (χ2n) is 5.89. The van der Waals surface area contributed by atoms with Crippen molar-refractivity contribution in [3.63, 3.8) is 0 Å². The number of esters is 1. The predicted molar refractivity (Wildman–Crippen MR) is 99.9 cm³/mol. The van der Waals surface area contributed by atoms with Crippen molar-refractivity contribution in [2.45, 2.75) is 13.5 Å². The molecule has 0 saturated carbocycles. The Bertz CT molecular complexity index is 901. The number of fused-ring (bicyclic) bond motifs is 1. The fourth-order valence-corrected chi connectivity index (χ4v) is 3.04. The highest BCUT2D eigenvalue weighted by atomic mass is 79.9. The van der Waals surface area contributed by atoms with E-state index in [-0.39, 0.29) is 5.76 Å². The number of ether oxygens (including phenoxy) is 1. The number of benzene rings is 1. The summed E-state index contributed by atoms with van der Waals surface area (Å²) in [6.45, 7) is 2.61. The Morgan fingerprint density at radius 3 is 2.60 bits per heavy atom. The molecule has 2 aromatic heterocycles. The van der Waals surface area contributed by atoms with Crippen LogP contribution in [0.3, 0.4) is 0 Å². The van der Waals surface area contributed by atoms with Gasteiger partial charge in [-0.05, 0) is 25.1 Å². The highest BCUT2D eigenvalue weighted by Crippen LogP contribution is 2.29. The molecule has 0 radical (unpaired) electrons. The van der Waals surface area contributed by atoms with Crippen LogP contribution < -0.4 is 9.47 Å². The van der Waals surface area contributed by atoms with Gasteiger partial charge in [0, 0.05) is 41.8 Å². The maximum Gasteiger partial charge on any atom is 0.374 e. The summed E-state index contributed by atoms with van der Waals surface area (Å²) in [4.78, 5) is 14.4. The smallest absolute Gasteiger partial charge is 0.374 e. The largest absolute Gasteiger partial charge is 0.460 e. The molecule has 3 aromatic rings. The number of nitrogens with zero attached hydrogens (tertiary/aromatic N) is 2. The zero-order valence-corrected chi connectivity index (χ0v) is 16.0. The van der Waals surface area contributed by atoms with E-state index < -0.39 is 5.97 Å². The minimum absolute atomic E-state index is 0.263. The second kappa shape index (κ2) is 7.27. The summed E-state index contributed by atoms with van der Waals surface area (Å²) in [7, 11) is 4.00. The summed E-state index contributed by atoms with van der Waals surface area (Å²) in [5.41, 5.74) is 2.60. The zero-order chi connectivity index (χ0) is 18.0. The lowest BCUT2D eigenvalue weighted by atomic mass is 10.1. The molecule has 0 spiro atoms. The molecule has 0 amide bonds. The monoisotopic (exact) mass is 403 g/mol. The third-order valence-electron chi connectivity index (χ3n) is 3.94. The molecule has 130 valence electrons. The summed E-state index contributed by atoms with van der Waals surface area (Å²) in [5, 5.41) is 0.904. The van der Waals surface area contributed by atoms with Crippen molar-refractivity contribution >= 4 is 38.6 Å². The van der Waals surface area contributed by atoms with Crippen LogP contribution in [-0.4, -0.2) is 26.7 Å². The van der Waals surface area contributed by atoms with Gasteiger partial charge in [0.15, 0.2) is 18.9 Å².